The van der Waals surface area contributed by atoms with Crippen LogP contribution >= 0.6 is 0 Å². The molecule has 0 unspecified atom stereocenters. The molecule has 0 N–H and O–H groups in total. The monoisotopic (exact) mass is 164 g/mol. The molecule has 0 atom stereocenters. The number of hydrogen-bond acceptors (Lipinski definition) is 2. The van der Waals surface area contributed by atoms with Gasteiger partial charge in [-0.1, -0.05) is 25.3 Å². The van der Waals surface area contributed by atoms with E-state index in [-0.39, 0.29) is 5.54 Å². The van der Waals surface area contributed by atoms with E-state index in [1.54, 1.807) is 12.2 Å². The maximum absolute atomic E-state index is 10.2. The largest absolute Gasteiger partial charge is 0.235 e. The lowest BCUT2D eigenvalue weighted by Gasteiger charge is -2.30. The van der Waals surface area contributed by atoms with Crippen molar-refractivity contribution in [2.75, 3.05) is 0 Å². The molecular weight excluding hydrogens is 150 g/mol. The normalized spacial score (nSPS) is 21.0. The quantitative estimate of drug-likeness (QED) is 0.465. The van der Waals surface area contributed by atoms with Gasteiger partial charge in [0.05, 0.1) is 5.54 Å². The fraction of sp³-hybridized carbons (Fsp3) is 0.600. The summed E-state index contributed by atoms with van der Waals surface area (Å²) in [6, 6.07) is 0. The molecule has 0 aromatic rings. The molecule has 0 spiro atoms. The molecule has 1 saturated carbocycles. The van der Waals surface area contributed by atoms with Gasteiger partial charge in [-0.15, -0.1) is 6.58 Å². The Balaban J connectivity index is 2.68. The fourth-order valence-electron chi connectivity index (χ4n) is 1.79. The van der Waals surface area contributed by atoms with Crippen molar-refractivity contribution in [1.29, 1.82) is 0 Å². The van der Waals surface area contributed by atoms with Gasteiger partial charge in [0.1, 0.15) is 0 Å². The molecular formula is C10H14NO. The Bertz CT molecular complexity index is 198. The molecule has 0 aliphatic heterocycles. The first kappa shape index (κ1) is 9.21. The summed E-state index contributed by atoms with van der Waals surface area (Å²) in [5.41, 5.74) is -0.262. The summed E-state index contributed by atoms with van der Waals surface area (Å²) in [4.78, 5) is 14.1. The van der Waals surface area contributed by atoms with Gasteiger partial charge in [0.25, 0.3) is 0 Å². The van der Waals surface area contributed by atoms with Crippen LogP contribution in [0.15, 0.2) is 17.6 Å². The predicted molar refractivity (Wildman–Crippen MR) is 48.4 cm³/mol. The molecule has 2 heteroatoms. The van der Waals surface area contributed by atoms with Crippen molar-refractivity contribution in [2.45, 2.75) is 37.6 Å². The van der Waals surface area contributed by atoms with Crippen molar-refractivity contribution in [3.8, 4) is 0 Å². The Morgan fingerprint density at radius 3 is 2.50 bits per heavy atom. The zero-order chi connectivity index (χ0) is 8.86. The molecule has 65 valence electrons. The zero-order valence-electron chi connectivity index (χ0n) is 7.25. The van der Waals surface area contributed by atoms with E-state index in [4.69, 9.17) is 0 Å². The average molecular weight is 164 g/mol. The highest BCUT2D eigenvalue weighted by atomic mass is 16.1. The third-order valence-corrected chi connectivity index (χ3v) is 2.42. The van der Waals surface area contributed by atoms with Crippen LogP contribution in [0, 0.1) is 6.42 Å². The van der Waals surface area contributed by atoms with Crippen molar-refractivity contribution in [3.63, 3.8) is 0 Å². The van der Waals surface area contributed by atoms with Crippen molar-refractivity contribution < 1.29 is 4.79 Å². The summed E-state index contributed by atoms with van der Waals surface area (Å²) >= 11 is 0. The van der Waals surface area contributed by atoms with Crippen molar-refractivity contribution in [2.24, 2.45) is 4.99 Å². The molecule has 0 aromatic heterocycles. The van der Waals surface area contributed by atoms with Gasteiger partial charge in [0.2, 0.25) is 6.08 Å². The predicted octanol–water partition coefficient (Wildman–Crippen LogP) is 2.42. The lowest BCUT2D eigenvalue weighted by atomic mass is 9.80. The average Bonchev–Trinajstić information content (AvgIpc) is 2.07. The number of aliphatic imine (C=N–C) groups is 1. The maximum Gasteiger partial charge on any atom is 0.235 e. The Kier molecular flexibility index (Phi) is 3.24. The minimum Gasteiger partial charge on any atom is -0.211 e. The summed E-state index contributed by atoms with van der Waals surface area (Å²) in [7, 11) is 0. The molecule has 0 saturated heterocycles. The highest BCUT2D eigenvalue weighted by molar-refractivity contribution is 5.36. The van der Waals surface area contributed by atoms with Gasteiger partial charge in [-0.25, -0.2) is 4.79 Å². The van der Waals surface area contributed by atoms with E-state index in [9.17, 15) is 4.79 Å². The van der Waals surface area contributed by atoms with Crippen LogP contribution < -0.4 is 0 Å². The maximum atomic E-state index is 10.2. The van der Waals surface area contributed by atoms with Gasteiger partial charge >= 0.3 is 0 Å². The van der Waals surface area contributed by atoms with Crippen LogP contribution in [0.25, 0.3) is 0 Å². The highest BCUT2D eigenvalue weighted by Crippen LogP contribution is 2.33. The molecule has 1 fully saturated rings. The van der Waals surface area contributed by atoms with Gasteiger partial charge in [-0.05, 0) is 12.8 Å². The van der Waals surface area contributed by atoms with Crippen molar-refractivity contribution in [1.82, 2.24) is 0 Å². The van der Waals surface area contributed by atoms with E-state index in [2.05, 4.69) is 11.6 Å². The Morgan fingerprint density at radius 2 is 2.00 bits per heavy atom. The van der Waals surface area contributed by atoms with Crippen LogP contribution in [-0.2, 0) is 4.79 Å². The summed E-state index contributed by atoms with van der Waals surface area (Å²) in [6.07, 6.45) is 10.8. The Hall–Kier alpha value is -0.880. The van der Waals surface area contributed by atoms with Crippen molar-refractivity contribution >= 4 is 6.08 Å². The summed E-state index contributed by atoms with van der Waals surface area (Å²) in [5, 5.41) is 0. The fourth-order valence-corrected chi connectivity index (χ4v) is 1.79. The first-order chi connectivity index (χ1) is 5.83. The van der Waals surface area contributed by atoms with E-state index in [1.807, 2.05) is 6.42 Å². The third kappa shape index (κ3) is 2.05. The van der Waals surface area contributed by atoms with Crippen LogP contribution in [-0.4, -0.2) is 11.6 Å². The van der Waals surface area contributed by atoms with Crippen LogP contribution in [0.3, 0.4) is 0 Å². The van der Waals surface area contributed by atoms with E-state index in [0.717, 1.165) is 25.7 Å². The van der Waals surface area contributed by atoms with Gasteiger partial charge in [0, 0.05) is 6.42 Å². The SMILES string of the molecule is C=C[CH]C1(N=C=O)CCCCC1. The molecule has 1 radical (unpaired) electrons. The number of rotatable bonds is 3. The highest BCUT2D eigenvalue weighted by Gasteiger charge is 2.30. The van der Waals surface area contributed by atoms with Gasteiger partial charge < -0.3 is 0 Å². The van der Waals surface area contributed by atoms with Gasteiger partial charge in [-0.3, -0.25) is 0 Å². The summed E-state index contributed by atoms with van der Waals surface area (Å²) in [5.74, 6) is 0. The smallest absolute Gasteiger partial charge is 0.211 e. The Morgan fingerprint density at radius 1 is 1.33 bits per heavy atom. The van der Waals surface area contributed by atoms with E-state index in [0.29, 0.717) is 0 Å². The summed E-state index contributed by atoms with van der Waals surface area (Å²) in [6.45, 7) is 3.64. The van der Waals surface area contributed by atoms with Crippen LogP contribution in [0.1, 0.15) is 32.1 Å². The first-order valence-corrected chi connectivity index (χ1v) is 4.39. The number of isocyanates is 1. The molecule has 1 aliphatic carbocycles. The van der Waals surface area contributed by atoms with Gasteiger partial charge in [-0.2, -0.15) is 4.99 Å². The van der Waals surface area contributed by atoms with Crippen LogP contribution in [0.5, 0.6) is 0 Å². The third-order valence-electron chi connectivity index (χ3n) is 2.42. The number of nitrogens with zero attached hydrogens (tertiary/aromatic N) is 1. The summed E-state index contributed by atoms with van der Waals surface area (Å²) < 4.78 is 0. The molecule has 0 heterocycles. The van der Waals surface area contributed by atoms with Crippen LogP contribution in [0.2, 0.25) is 0 Å². The van der Waals surface area contributed by atoms with E-state index in [1.165, 1.54) is 6.42 Å². The number of carbonyl (C=O) groups excluding carboxylic acids is 1. The molecule has 1 aliphatic rings. The van der Waals surface area contributed by atoms with E-state index >= 15 is 0 Å². The van der Waals surface area contributed by atoms with Crippen LogP contribution in [0.4, 0.5) is 0 Å². The molecule has 0 aromatic carbocycles. The first-order valence-electron chi connectivity index (χ1n) is 4.39. The van der Waals surface area contributed by atoms with E-state index < -0.39 is 0 Å². The molecule has 0 bridgehead atoms. The molecule has 12 heavy (non-hydrogen) atoms. The molecule has 2 nitrogen and oxygen atoms in total. The second kappa shape index (κ2) is 4.22. The second-order valence-corrected chi connectivity index (χ2v) is 3.27. The standard InChI is InChI=1S/C10H14NO/c1-2-6-10(11-9-12)7-4-3-5-8-10/h2,6H,1,3-5,7-8H2. The zero-order valence-corrected chi connectivity index (χ0v) is 7.25. The van der Waals surface area contributed by atoms with Crippen molar-refractivity contribution in [3.05, 3.63) is 19.1 Å². The Labute approximate surface area is 73.4 Å². The molecule has 1 rings (SSSR count). The topological polar surface area (TPSA) is 29.4 Å². The molecule has 0 amide bonds. The second-order valence-electron chi connectivity index (χ2n) is 3.27. The minimum absolute atomic E-state index is 0.262. The lowest BCUT2D eigenvalue weighted by molar-refractivity contribution is 0.344. The number of hydrogen-bond donors (Lipinski definition) is 0. The van der Waals surface area contributed by atoms with Gasteiger partial charge in [0.15, 0.2) is 0 Å². The minimum atomic E-state index is -0.262. The lowest BCUT2D eigenvalue weighted by Crippen LogP contribution is -2.29.